The molecule has 0 aromatic heterocycles. The fourth-order valence-corrected chi connectivity index (χ4v) is 4.12. The van der Waals surface area contributed by atoms with Gasteiger partial charge in [0.1, 0.15) is 11.9 Å². The van der Waals surface area contributed by atoms with Crippen LogP contribution in [0, 0.1) is 0 Å². The summed E-state index contributed by atoms with van der Waals surface area (Å²) in [5.41, 5.74) is 2.21. The van der Waals surface area contributed by atoms with Gasteiger partial charge in [0.25, 0.3) is 5.91 Å². The second-order valence-electron chi connectivity index (χ2n) is 9.26. The summed E-state index contributed by atoms with van der Waals surface area (Å²) in [5.74, 6) is -0.0124. The number of nitrogens with one attached hydrogen (secondary N) is 1. The number of carbonyl (C=O) groups is 2. The Morgan fingerprint density at radius 1 is 0.846 bits per heavy atom. The van der Waals surface area contributed by atoms with Gasteiger partial charge in [-0.2, -0.15) is 13.2 Å². The minimum Gasteiger partial charge on any atom is -0.486 e. The molecule has 0 aliphatic heterocycles. The van der Waals surface area contributed by atoms with Gasteiger partial charge in [-0.25, -0.2) is 0 Å². The molecule has 1 amide bonds. The Kier molecular flexibility index (Phi) is 11.0. The van der Waals surface area contributed by atoms with Crippen molar-refractivity contribution in [3.8, 4) is 16.9 Å². The Balaban J connectivity index is 1.69. The molecule has 0 aliphatic rings. The number of halogens is 3. The number of methoxy groups -OCH3 is 1. The summed E-state index contributed by atoms with van der Waals surface area (Å²) in [6.45, 7) is 2.35. The summed E-state index contributed by atoms with van der Waals surface area (Å²) < 4.78 is 49.5. The van der Waals surface area contributed by atoms with Crippen molar-refractivity contribution in [1.29, 1.82) is 0 Å². The highest BCUT2D eigenvalue weighted by Gasteiger charge is 2.30. The van der Waals surface area contributed by atoms with Gasteiger partial charge in [-0.05, 0) is 65.9 Å². The fraction of sp³-hybridized carbons (Fsp3) is 0.355. The lowest BCUT2D eigenvalue weighted by Crippen LogP contribution is -2.26. The highest BCUT2D eigenvalue weighted by atomic mass is 19.4. The molecule has 0 saturated carbocycles. The van der Waals surface area contributed by atoms with Crippen molar-refractivity contribution >= 4 is 11.9 Å². The van der Waals surface area contributed by atoms with E-state index in [1.165, 1.54) is 19.2 Å². The van der Waals surface area contributed by atoms with Gasteiger partial charge in [0.05, 0.1) is 19.1 Å². The lowest BCUT2D eigenvalue weighted by atomic mass is 10.0. The summed E-state index contributed by atoms with van der Waals surface area (Å²) in [4.78, 5) is 23.6. The van der Waals surface area contributed by atoms with E-state index in [1.54, 1.807) is 12.1 Å². The van der Waals surface area contributed by atoms with E-state index in [9.17, 15) is 22.8 Å². The zero-order valence-electron chi connectivity index (χ0n) is 22.2. The highest BCUT2D eigenvalue weighted by molar-refractivity contribution is 5.94. The van der Waals surface area contributed by atoms with Gasteiger partial charge in [0.2, 0.25) is 0 Å². The standard InChI is InChI=1S/C31H34F3NO4/c1-3-4-5-6-7-28(24-8-10-25(11-9-24)30(37)35-21-20-29(36)38-2)39-27-18-14-23(15-19-27)22-12-16-26(17-13-22)31(32,33)34/h8-19,28H,3-7,20-21H2,1-2H3,(H,35,37). The normalized spacial score (nSPS) is 12.0. The topological polar surface area (TPSA) is 64.6 Å². The number of esters is 1. The van der Waals surface area contributed by atoms with Crippen LogP contribution >= 0.6 is 0 Å². The van der Waals surface area contributed by atoms with Crippen molar-refractivity contribution in [2.75, 3.05) is 13.7 Å². The SMILES string of the molecule is CCCCCCC(Oc1ccc(-c2ccc(C(F)(F)F)cc2)cc1)c1ccc(C(=O)NCCC(=O)OC)cc1. The van der Waals surface area contributed by atoms with E-state index < -0.39 is 11.7 Å². The minimum absolute atomic E-state index is 0.103. The van der Waals surface area contributed by atoms with Gasteiger partial charge in [-0.3, -0.25) is 9.59 Å². The Labute approximate surface area is 227 Å². The van der Waals surface area contributed by atoms with Gasteiger partial charge in [0, 0.05) is 12.1 Å². The maximum absolute atomic E-state index is 12.9. The molecule has 1 unspecified atom stereocenters. The molecule has 208 valence electrons. The van der Waals surface area contributed by atoms with Crippen LogP contribution in [0.1, 0.15) is 73.0 Å². The van der Waals surface area contributed by atoms with Crippen molar-refractivity contribution in [2.24, 2.45) is 0 Å². The van der Waals surface area contributed by atoms with Crippen molar-refractivity contribution < 1.29 is 32.2 Å². The van der Waals surface area contributed by atoms with Crippen LogP contribution in [0.15, 0.2) is 72.8 Å². The van der Waals surface area contributed by atoms with E-state index in [2.05, 4.69) is 17.0 Å². The first-order chi connectivity index (χ1) is 18.7. The van der Waals surface area contributed by atoms with Crippen molar-refractivity contribution in [3.63, 3.8) is 0 Å². The molecule has 1 atom stereocenters. The smallest absolute Gasteiger partial charge is 0.416 e. The van der Waals surface area contributed by atoms with Crippen LogP contribution in [0.4, 0.5) is 13.2 Å². The lowest BCUT2D eigenvalue weighted by molar-refractivity contribution is -0.140. The second-order valence-corrected chi connectivity index (χ2v) is 9.26. The molecule has 39 heavy (non-hydrogen) atoms. The van der Waals surface area contributed by atoms with Gasteiger partial charge < -0.3 is 14.8 Å². The molecule has 5 nitrogen and oxygen atoms in total. The number of carbonyl (C=O) groups excluding carboxylic acids is 2. The molecule has 0 heterocycles. The van der Waals surface area contributed by atoms with Gasteiger partial charge in [-0.15, -0.1) is 0 Å². The van der Waals surface area contributed by atoms with Gasteiger partial charge in [-0.1, -0.05) is 62.6 Å². The number of ether oxygens (including phenoxy) is 2. The largest absolute Gasteiger partial charge is 0.486 e. The molecule has 0 spiro atoms. The molecular formula is C31H34F3NO4. The molecular weight excluding hydrogens is 507 g/mol. The zero-order chi connectivity index (χ0) is 28.3. The minimum atomic E-state index is -4.37. The molecule has 0 radical (unpaired) electrons. The molecule has 0 fully saturated rings. The number of rotatable bonds is 13. The van der Waals surface area contributed by atoms with E-state index in [4.69, 9.17) is 4.74 Å². The highest BCUT2D eigenvalue weighted by Crippen LogP contribution is 2.32. The number of amides is 1. The quantitative estimate of drug-likeness (QED) is 0.177. The van der Waals surface area contributed by atoms with Crippen LogP contribution in [0.25, 0.3) is 11.1 Å². The maximum atomic E-state index is 12.9. The number of alkyl halides is 3. The Bertz CT molecular complexity index is 1190. The Morgan fingerprint density at radius 3 is 2.03 bits per heavy atom. The van der Waals surface area contributed by atoms with Crippen LogP contribution in [-0.2, 0) is 15.7 Å². The number of benzene rings is 3. The third-order valence-corrected chi connectivity index (χ3v) is 6.39. The van der Waals surface area contributed by atoms with E-state index >= 15 is 0 Å². The first-order valence-electron chi connectivity index (χ1n) is 13.1. The van der Waals surface area contributed by atoms with E-state index in [0.717, 1.165) is 55.4 Å². The van der Waals surface area contributed by atoms with Gasteiger partial charge >= 0.3 is 12.1 Å². The molecule has 1 N–H and O–H groups in total. The zero-order valence-corrected chi connectivity index (χ0v) is 22.2. The summed E-state index contributed by atoms with van der Waals surface area (Å²) >= 11 is 0. The van der Waals surface area contributed by atoms with Crippen molar-refractivity contribution in [2.45, 2.75) is 57.7 Å². The predicted molar refractivity (Wildman–Crippen MR) is 144 cm³/mol. The molecule has 8 heteroatoms. The predicted octanol–water partition coefficient (Wildman–Crippen LogP) is 7.76. The van der Waals surface area contributed by atoms with Gasteiger partial charge in [0.15, 0.2) is 0 Å². The molecule has 3 rings (SSSR count). The van der Waals surface area contributed by atoms with Crippen LogP contribution in [0.2, 0.25) is 0 Å². The molecule has 3 aromatic rings. The fourth-order valence-electron chi connectivity index (χ4n) is 4.12. The van der Waals surface area contributed by atoms with Crippen LogP contribution in [0.3, 0.4) is 0 Å². The molecule has 0 bridgehead atoms. The average Bonchev–Trinajstić information content (AvgIpc) is 2.94. The van der Waals surface area contributed by atoms with E-state index in [0.29, 0.717) is 16.9 Å². The Hall–Kier alpha value is -3.81. The molecule has 0 saturated heterocycles. The number of unbranched alkanes of at least 4 members (excludes halogenated alkanes) is 3. The van der Waals surface area contributed by atoms with Crippen molar-refractivity contribution in [3.05, 3.63) is 89.5 Å². The lowest BCUT2D eigenvalue weighted by Gasteiger charge is -2.20. The second kappa shape index (κ2) is 14.4. The first kappa shape index (κ1) is 29.7. The first-order valence-corrected chi connectivity index (χ1v) is 13.1. The van der Waals surface area contributed by atoms with E-state index in [1.807, 2.05) is 36.4 Å². The third-order valence-electron chi connectivity index (χ3n) is 6.39. The van der Waals surface area contributed by atoms with E-state index in [-0.39, 0.29) is 30.9 Å². The Morgan fingerprint density at radius 2 is 1.46 bits per heavy atom. The summed E-state index contributed by atoms with van der Waals surface area (Å²) in [6, 6.07) is 19.6. The third kappa shape index (κ3) is 9.16. The monoisotopic (exact) mass is 541 g/mol. The average molecular weight is 542 g/mol. The summed E-state index contributed by atoms with van der Waals surface area (Å²) in [6.07, 6.45) is 0.638. The van der Waals surface area contributed by atoms with Crippen LogP contribution in [-0.4, -0.2) is 25.5 Å². The molecule has 3 aromatic carbocycles. The number of hydrogen-bond donors (Lipinski definition) is 1. The summed E-state index contributed by atoms with van der Waals surface area (Å²) in [5, 5.41) is 2.70. The maximum Gasteiger partial charge on any atom is 0.416 e. The number of hydrogen-bond acceptors (Lipinski definition) is 4. The summed E-state index contributed by atoms with van der Waals surface area (Å²) in [7, 11) is 1.30. The van der Waals surface area contributed by atoms with Crippen LogP contribution in [0.5, 0.6) is 5.75 Å². The van der Waals surface area contributed by atoms with Crippen LogP contribution < -0.4 is 10.1 Å². The molecule has 0 aliphatic carbocycles. The van der Waals surface area contributed by atoms with Crippen molar-refractivity contribution in [1.82, 2.24) is 5.32 Å².